The summed E-state index contributed by atoms with van der Waals surface area (Å²) >= 11 is 1.60. The average Bonchev–Trinajstić information content (AvgIpc) is 3.40. The summed E-state index contributed by atoms with van der Waals surface area (Å²) < 4.78 is 40.5. The van der Waals surface area contributed by atoms with Crippen molar-refractivity contribution < 1.29 is 18.0 Å². The summed E-state index contributed by atoms with van der Waals surface area (Å²) in [6.07, 6.45) is 0.491. The van der Waals surface area contributed by atoms with Crippen molar-refractivity contribution in [3.05, 3.63) is 45.1 Å². The maximum Gasteiger partial charge on any atom is 0.416 e. The summed E-state index contributed by atoms with van der Waals surface area (Å²) in [5.74, 6) is 0.0397. The number of halogens is 3. The number of aryl methyl sites for hydroxylation is 2. The molecule has 152 valence electrons. The number of alkyl halides is 3. The second-order valence-corrected chi connectivity index (χ2v) is 8.83. The molecule has 1 atom stereocenters. The van der Waals surface area contributed by atoms with Crippen LogP contribution < -0.4 is 0 Å². The highest BCUT2D eigenvalue weighted by Gasteiger charge is 2.32. The number of thiophene rings is 1. The van der Waals surface area contributed by atoms with Gasteiger partial charge in [-0.05, 0) is 61.9 Å². The third-order valence-corrected chi connectivity index (χ3v) is 7.01. The summed E-state index contributed by atoms with van der Waals surface area (Å²) in [6.45, 7) is 1.17. The van der Waals surface area contributed by atoms with E-state index in [0.29, 0.717) is 18.6 Å². The lowest BCUT2D eigenvalue weighted by Crippen LogP contribution is -2.40. The van der Waals surface area contributed by atoms with Crippen LogP contribution in [0.25, 0.3) is 11.0 Å². The quantitative estimate of drug-likeness (QED) is 0.614. The Hall–Kier alpha value is -2.42. The Morgan fingerprint density at radius 1 is 1.17 bits per heavy atom. The van der Waals surface area contributed by atoms with E-state index in [1.165, 1.54) is 16.5 Å². The van der Waals surface area contributed by atoms with Gasteiger partial charge >= 0.3 is 6.18 Å². The molecule has 29 heavy (non-hydrogen) atoms. The lowest BCUT2D eigenvalue weighted by molar-refractivity contribution is -0.137. The Kier molecular flexibility index (Phi) is 4.38. The van der Waals surface area contributed by atoms with E-state index in [9.17, 15) is 18.0 Å². The van der Waals surface area contributed by atoms with E-state index in [-0.39, 0.29) is 17.5 Å². The van der Waals surface area contributed by atoms with Crippen LogP contribution in [-0.4, -0.2) is 38.9 Å². The molecule has 9 heteroatoms. The molecule has 0 unspecified atom stereocenters. The topological polar surface area (TPSA) is 51.0 Å². The Morgan fingerprint density at radius 2 is 2.03 bits per heavy atom. The fraction of sp³-hybridized carbons (Fsp3) is 0.450. The minimum Gasteiger partial charge on any atom is -0.336 e. The lowest BCUT2D eigenvalue weighted by Gasteiger charge is -2.32. The van der Waals surface area contributed by atoms with Gasteiger partial charge < -0.3 is 4.90 Å². The number of rotatable bonds is 2. The zero-order valence-corrected chi connectivity index (χ0v) is 16.4. The predicted octanol–water partition coefficient (Wildman–Crippen LogP) is 4.48. The first-order valence-corrected chi connectivity index (χ1v) is 10.5. The molecule has 5 nitrogen and oxygen atoms in total. The summed E-state index contributed by atoms with van der Waals surface area (Å²) in [6, 6.07) is 5.44. The van der Waals surface area contributed by atoms with Crippen molar-refractivity contribution in [3.63, 3.8) is 0 Å². The van der Waals surface area contributed by atoms with E-state index in [1.807, 2.05) is 11.0 Å². The van der Waals surface area contributed by atoms with Crippen molar-refractivity contribution in [2.24, 2.45) is 0 Å². The largest absolute Gasteiger partial charge is 0.416 e. The molecule has 2 aromatic heterocycles. The van der Waals surface area contributed by atoms with Gasteiger partial charge in [0.2, 0.25) is 0 Å². The van der Waals surface area contributed by atoms with Crippen LogP contribution in [0.2, 0.25) is 0 Å². The van der Waals surface area contributed by atoms with Crippen LogP contribution in [0.5, 0.6) is 0 Å². The number of piperidine rings is 1. The van der Waals surface area contributed by atoms with Crippen molar-refractivity contribution in [1.29, 1.82) is 0 Å². The summed E-state index contributed by atoms with van der Waals surface area (Å²) in [4.78, 5) is 17.0. The first-order chi connectivity index (χ1) is 13.9. The molecule has 0 spiro atoms. The predicted molar refractivity (Wildman–Crippen MR) is 103 cm³/mol. The molecule has 1 aliphatic carbocycles. The molecule has 1 aromatic carbocycles. The van der Waals surface area contributed by atoms with Gasteiger partial charge in [-0.1, -0.05) is 5.21 Å². The van der Waals surface area contributed by atoms with Crippen LogP contribution in [0.4, 0.5) is 13.2 Å². The number of aromatic nitrogens is 3. The molecule has 0 saturated carbocycles. The van der Waals surface area contributed by atoms with Crippen molar-refractivity contribution in [2.75, 3.05) is 13.1 Å². The molecule has 3 heterocycles. The molecule has 0 radical (unpaired) electrons. The van der Waals surface area contributed by atoms with E-state index < -0.39 is 11.7 Å². The van der Waals surface area contributed by atoms with Gasteiger partial charge in [0.05, 0.1) is 22.0 Å². The van der Waals surface area contributed by atoms with Crippen molar-refractivity contribution in [3.8, 4) is 0 Å². The van der Waals surface area contributed by atoms with Crippen LogP contribution in [0.15, 0.2) is 24.3 Å². The van der Waals surface area contributed by atoms with Gasteiger partial charge in [0.25, 0.3) is 5.91 Å². The number of hydrogen-bond donors (Lipinski definition) is 0. The van der Waals surface area contributed by atoms with Crippen molar-refractivity contribution in [1.82, 2.24) is 19.9 Å². The van der Waals surface area contributed by atoms with E-state index in [0.717, 1.165) is 49.1 Å². The lowest BCUT2D eigenvalue weighted by atomic mass is 10.0. The fourth-order valence-electron chi connectivity index (χ4n) is 4.32. The molecular formula is C20H19F3N4OS. The highest BCUT2D eigenvalue weighted by molar-refractivity contribution is 7.14. The molecule has 2 aliphatic rings. The molecule has 1 aliphatic heterocycles. The third-order valence-electron chi connectivity index (χ3n) is 5.79. The minimum absolute atomic E-state index is 0.0397. The maximum absolute atomic E-state index is 13.0. The number of carbonyl (C=O) groups excluding carboxylic acids is 1. The maximum atomic E-state index is 13.0. The van der Waals surface area contributed by atoms with Crippen molar-refractivity contribution >= 4 is 28.3 Å². The van der Waals surface area contributed by atoms with E-state index in [4.69, 9.17) is 0 Å². The first kappa shape index (κ1) is 18.6. The standard InChI is InChI=1S/C20H19F3N4OS/c21-20(22,23)13-6-7-16-15(10-13)24-25-27(16)14-4-2-8-26(11-14)19(28)18-9-12-3-1-5-17(12)29-18/h6-7,9-10,14H,1-5,8,11H2/t14-/m0/s1. The molecule has 0 bridgehead atoms. The number of hydrogen-bond acceptors (Lipinski definition) is 4. The number of benzene rings is 1. The number of nitrogens with zero attached hydrogens (tertiary/aromatic N) is 4. The SMILES string of the molecule is O=C(c1cc2c(s1)CCC2)N1CCC[C@H](n2nnc3cc(C(F)(F)F)ccc32)C1. The van der Waals surface area contributed by atoms with E-state index >= 15 is 0 Å². The molecule has 1 saturated heterocycles. The van der Waals surface area contributed by atoms with Crippen molar-refractivity contribution in [2.45, 2.75) is 44.3 Å². The Bertz CT molecular complexity index is 1070. The van der Waals surface area contributed by atoms with Gasteiger partial charge in [-0.3, -0.25) is 4.79 Å². The van der Waals surface area contributed by atoms with E-state index in [1.54, 1.807) is 16.0 Å². The summed E-state index contributed by atoms with van der Waals surface area (Å²) in [5, 5.41) is 8.05. The molecule has 1 fully saturated rings. The zero-order chi connectivity index (χ0) is 20.2. The van der Waals surface area contributed by atoms with Crippen LogP contribution in [0, 0.1) is 0 Å². The van der Waals surface area contributed by atoms with Gasteiger partial charge in [-0.15, -0.1) is 16.4 Å². The highest BCUT2D eigenvalue weighted by atomic mass is 32.1. The Labute approximate surface area is 169 Å². The first-order valence-electron chi connectivity index (χ1n) is 9.73. The van der Waals surface area contributed by atoms with Gasteiger partial charge in [-0.2, -0.15) is 13.2 Å². The van der Waals surface area contributed by atoms with Gasteiger partial charge in [0.15, 0.2) is 0 Å². The minimum atomic E-state index is -4.41. The van der Waals surface area contributed by atoms with Crippen LogP contribution in [0.1, 0.15) is 51.0 Å². The molecule has 0 N–H and O–H groups in total. The number of amides is 1. The summed E-state index contributed by atoms with van der Waals surface area (Å²) in [7, 11) is 0. The molecule has 5 rings (SSSR count). The van der Waals surface area contributed by atoms with Gasteiger partial charge in [0, 0.05) is 18.0 Å². The highest BCUT2D eigenvalue weighted by Crippen LogP contribution is 2.34. The van der Waals surface area contributed by atoms with Crippen LogP contribution >= 0.6 is 11.3 Å². The summed E-state index contributed by atoms with van der Waals surface area (Å²) in [5.41, 5.74) is 1.35. The molecular weight excluding hydrogens is 401 g/mol. The van der Waals surface area contributed by atoms with Crippen LogP contribution in [0.3, 0.4) is 0 Å². The second-order valence-electron chi connectivity index (χ2n) is 7.70. The Balaban J connectivity index is 1.38. The molecule has 3 aromatic rings. The molecule has 1 amide bonds. The number of carbonyl (C=O) groups is 1. The zero-order valence-electron chi connectivity index (χ0n) is 15.6. The van der Waals surface area contributed by atoms with Crippen LogP contribution in [-0.2, 0) is 19.0 Å². The number of likely N-dealkylation sites (tertiary alicyclic amines) is 1. The fourth-order valence-corrected chi connectivity index (χ4v) is 5.54. The van der Waals surface area contributed by atoms with Gasteiger partial charge in [-0.25, -0.2) is 4.68 Å². The smallest absolute Gasteiger partial charge is 0.336 e. The number of fused-ring (bicyclic) bond motifs is 2. The Morgan fingerprint density at radius 3 is 2.83 bits per heavy atom. The normalized spacial score (nSPS) is 19.7. The second kappa shape index (κ2) is 6.83. The monoisotopic (exact) mass is 420 g/mol. The van der Waals surface area contributed by atoms with Gasteiger partial charge in [0.1, 0.15) is 5.52 Å². The third kappa shape index (κ3) is 3.31. The average molecular weight is 420 g/mol. The van der Waals surface area contributed by atoms with E-state index in [2.05, 4.69) is 10.3 Å².